The van der Waals surface area contributed by atoms with Crippen LogP contribution in [0.2, 0.25) is 0 Å². The van der Waals surface area contributed by atoms with E-state index in [1.807, 2.05) is 24.3 Å². The van der Waals surface area contributed by atoms with Crippen LogP contribution in [-0.2, 0) is 0 Å². The van der Waals surface area contributed by atoms with Gasteiger partial charge in [0.2, 0.25) is 0 Å². The summed E-state index contributed by atoms with van der Waals surface area (Å²) in [5.41, 5.74) is 14.4. The summed E-state index contributed by atoms with van der Waals surface area (Å²) in [7, 11) is 0. The van der Waals surface area contributed by atoms with Crippen molar-refractivity contribution >= 4 is 43.6 Å². The van der Waals surface area contributed by atoms with Crippen molar-refractivity contribution in [2.45, 2.75) is 0 Å². The fourth-order valence-electron chi connectivity index (χ4n) is 7.98. The molecular weight excluding hydrogens is 631 g/mol. The molecule has 0 bridgehead atoms. The van der Waals surface area contributed by atoms with Gasteiger partial charge in [-0.2, -0.15) is 5.26 Å². The third kappa shape index (κ3) is 4.74. The normalized spacial score (nSPS) is 11.4. The highest BCUT2D eigenvalue weighted by atomic mass is 15.0. The molecule has 0 aliphatic rings. The van der Waals surface area contributed by atoms with Crippen molar-refractivity contribution in [1.82, 2.24) is 9.13 Å². The standard InChI is InChI=1S/C49H31N3/c50-32-33-22-24-34(25-23-33)40-14-4-5-15-41(40)37-28-36(29-39(30-37)52-46-19-9-6-16-42(46)43-17-7-10-20-47(43)52)35-26-27-49-45(31-35)44-18-8-11-21-48(44)51(49)38-12-2-1-3-13-38/h1-31H. The van der Waals surface area contributed by atoms with Crippen LogP contribution in [0, 0.1) is 11.3 Å². The molecule has 10 aromatic rings. The Bertz CT molecular complexity index is 2960. The fraction of sp³-hybridized carbons (Fsp3) is 0. The Morgan fingerprint density at radius 1 is 0.327 bits per heavy atom. The van der Waals surface area contributed by atoms with Gasteiger partial charge in [-0.25, -0.2) is 0 Å². The molecule has 0 saturated carbocycles. The van der Waals surface area contributed by atoms with E-state index in [1.165, 1.54) is 43.6 Å². The Morgan fingerprint density at radius 2 is 0.808 bits per heavy atom. The van der Waals surface area contributed by atoms with Gasteiger partial charge < -0.3 is 9.13 Å². The van der Waals surface area contributed by atoms with Crippen LogP contribution in [0.4, 0.5) is 0 Å². The average Bonchev–Trinajstić information content (AvgIpc) is 3.74. The van der Waals surface area contributed by atoms with Crippen molar-refractivity contribution in [2.24, 2.45) is 0 Å². The average molecular weight is 662 g/mol. The molecule has 2 aromatic heterocycles. The third-order valence-electron chi connectivity index (χ3n) is 10.3. The lowest BCUT2D eigenvalue weighted by Crippen LogP contribution is -1.96. The van der Waals surface area contributed by atoms with Crippen molar-refractivity contribution in [2.75, 3.05) is 0 Å². The zero-order chi connectivity index (χ0) is 34.6. The molecule has 242 valence electrons. The second kappa shape index (κ2) is 12.0. The molecule has 0 atom stereocenters. The van der Waals surface area contributed by atoms with E-state index >= 15 is 0 Å². The molecule has 0 aliphatic carbocycles. The maximum absolute atomic E-state index is 9.47. The minimum atomic E-state index is 0.654. The zero-order valence-electron chi connectivity index (χ0n) is 28.2. The second-order valence-electron chi connectivity index (χ2n) is 13.3. The van der Waals surface area contributed by atoms with Crippen molar-refractivity contribution in [3.63, 3.8) is 0 Å². The summed E-state index contributed by atoms with van der Waals surface area (Å²) >= 11 is 0. The molecule has 2 heterocycles. The highest BCUT2D eigenvalue weighted by Crippen LogP contribution is 2.40. The predicted molar refractivity (Wildman–Crippen MR) is 216 cm³/mol. The molecule has 8 aromatic carbocycles. The first-order valence-corrected chi connectivity index (χ1v) is 17.6. The molecule has 3 heteroatoms. The lowest BCUT2D eigenvalue weighted by atomic mass is 9.91. The monoisotopic (exact) mass is 661 g/mol. The van der Waals surface area contributed by atoms with Crippen LogP contribution in [0.25, 0.3) is 88.4 Å². The third-order valence-corrected chi connectivity index (χ3v) is 10.3. The van der Waals surface area contributed by atoms with Crippen LogP contribution in [0.3, 0.4) is 0 Å². The van der Waals surface area contributed by atoms with Gasteiger partial charge in [0.15, 0.2) is 0 Å². The molecule has 0 amide bonds. The number of fused-ring (bicyclic) bond motifs is 6. The van der Waals surface area contributed by atoms with E-state index in [2.05, 4.69) is 179 Å². The van der Waals surface area contributed by atoms with Gasteiger partial charge in [0.25, 0.3) is 0 Å². The van der Waals surface area contributed by atoms with E-state index in [0.29, 0.717) is 5.56 Å². The number of nitriles is 1. The number of aromatic nitrogens is 2. The van der Waals surface area contributed by atoms with Gasteiger partial charge in [0.05, 0.1) is 33.7 Å². The second-order valence-corrected chi connectivity index (χ2v) is 13.3. The number of nitrogens with zero attached hydrogens (tertiary/aromatic N) is 3. The van der Waals surface area contributed by atoms with Gasteiger partial charge >= 0.3 is 0 Å². The first-order valence-electron chi connectivity index (χ1n) is 17.6. The van der Waals surface area contributed by atoms with Gasteiger partial charge in [0, 0.05) is 32.9 Å². The van der Waals surface area contributed by atoms with Crippen molar-refractivity contribution in [3.8, 4) is 50.8 Å². The quantitative estimate of drug-likeness (QED) is 0.181. The van der Waals surface area contributed by atoms with Crippen LogP contribution in [-0.4, -0.2) is 9.13 Å². The minimum Gasteiger partial charge on any atom is -0.309 e. The van der Waals surface area contributed by atoms with Crippen LogP contribution in [0.1, 0.15) is 5.56 Å². The molecular formula is C49H31N3. The topological polar surface area (TPSA) is 33.6 Å². The Labute approximate surface area is 301 Å². The highest BCUT2D eigenvalue weighted by molar-refractivity contribution is 6.11. The summed E-state index contributed by atoms with van der Waals surface area (Å²) < 4.78 is 4.77. The van der Waals surface area contributed by atoms with Gasteiger partial charge in [-0.15, -0.1) is 0 Å². The number of para-hydroxylation sites is 4. The molecule has 52 heavy (non-hydrogen) atoms. The molecule has 0 spiro atoms. The molecule has 0 radical (unpaired) electrons. The van der Waals surface area contributed by atoms with Crippen LogP contribution in [0.5, 0.6) is 0 Å². The number of rotatable bonds is 5. The summed E-state index contributed by atoms with van der Waals surface area (Å²) in [5.74, 6) is 0. The number of hydrogen-bond donors (Lipinski definition) is 0. The van der Waals surface area contributed by atoms with Gasteiger partial charge in [0.1, 0.15) is 0 Å². The van der Waals surface area contributed by atoms with Gasteiger partial charge in [-0.05, 0) is 106 Å². The number of benzene rings is 8. The first-order chi connectivity index (χ1) is 25.7. The molecule has 0 aliphatic heterocycles. The lowest BCUT2D eigenvalue weighted by Gasteiger charge is -2.16. The largest absolute Gasteiger partial charge is 0.309 e. The van der Waals surface area contributed by atoms with Gasteiger partial charge in [-0.3, -0.25) is 0 Å². The highest BCUT2D eigenvalue weighted by Gasteiger charge is 2.18. The van der Waals surface area contributed by atoms with Crippen LogP contribution >= 0.6 is 0 Å². The summed E-state index contributed by atoms with van der Waals surface area (Å²) in [6.45, 7) is 0. The van der Waals surface area contributed by atoms with Gasteiger partial charge in [-0.1, -0.05) is 115 Å². The Balaban J connectivity index is 1.25. The zero-order valence-corrected chi connectivity index (χ0v) is 28.2. The summed E-state index contributed by atoms with van der Waals surface area (Å²) in [4.78, 5) is 0. The van der Waals surface area contributed by atoms with E-state index in [9.17, 15) is 5.26 Å². The minimum absolute atomic E-state index is 0.654. The Kier molecular flexibility index (Phi) is 6.87. The SMILES string of the molecule is N#Cc1ccc(-c2ccccc2-c2cc(-c3ccc4c(c3)c3ccccc3n4-c3ccccc3)cc(-n3c4ccccc4c4ccccc43)c2)cc1. The van der Waals surface area contributed by atoms with E-state index in [1.54, 1.807) is 0 Å². The molecule has 3 nitrogen and oxygen atoms in total. The van der Waals surface area contributed by atoms with E-state index < -0.39 is 0 Å². The van der Waals surface area contributed by atoms with E-state index in [4.69, 9.17) is 0 Å². The van der Waals surface area contributed by atoms with Crippen LogP contribution in [0.15, 0.2) is 188 Å². The van der Waals surface area contributed by atoms with Crippen molar-refractivity contribution in [1.29, 1.82) is 5.26 Å². The molecule has 0 unspecified atom stereocenters. The lowest BCUT2D eigenvalue weighted by molar-refractivity contribution is 1.18. The van der Waals surface area contributed by atoms with Crippen LogP contribution < -0.4 is 0 Å². The fourth-order valence-corrected chi connectivity index (χ4v) is 7.98. The van der Waals surface area contributed by atoms with Crippen molar-refractivity contribution in [3.05, 3.63) is 194 Å². The smallest absolute Gasteiger partial charge is 0.0991 e. The Hall–Kier alpha value is -7.15. The molecule has 10 rings (SSSR count). The molecule has 0 N–H and O–H groups in total. The van der Waals surface area contributed by atoms with E-state index in [0.717, 1.165) is 44.8 Å². The Morgan fingerprint density at radius 3 is 1.44 bits per heavy atom. The summed E-state index contributed by atoms with van der Waals surface area (Å²) in [6, 6.07) is 69.3. The number of hydrogen-bond acceptors (Lipinski definition) is 1. The first kappa shape index (κ1) is 29.7. The maximum Gasteiger partial charge on any atom is 0.0991 e. The van der Waals surface area contributed by atoms with E-state index in [-0.39, 0.29) is 0 Å². The molecule has 0 fully saturated rings. The maximum atomic E-state index is 9.47. The predicted octanol–water partition coefficient (Wildman–Crippen LogP) is 12.8. The summed E-state index contributed by atoms with van der Waals surface area (Å²) in [6.07, 6.45) is 0. The van der Waals surface area contributed by atoms with Crippen molar-refractivity contribution < 1.29 is 0 Å². The summed E-state index contributed by atoms with van der Waals surface area (Å²) in [5, 5.41) is 14.4. The molecule has 0 saturated heterocycles.